The number of nitrogens with zero attached hydrogens (tertiary/aromatic N) is 2. The van der Waals surface area contributed by atoms with Crippen molar-refractivity contribution in [1.29, 1.82) is 0 Å². The van der Waals surface area contributed by atoms with Crippen LogP contribution in [-0.2, 0) is 16.6 Å². The van der Waals surface area contributed by atoms with Gasteiger partial charge in [0.1, 0.15) is 0 Å². The van der Waals surface area contributed by atoms with Crippen molar-refractivity contribution in [3.63, 3.8) is 0 Å². The van der Waals surface area contributed by atoms with Gasteiger partial charge >= 0.3 is 0 Å². The van der Waals surface area contributed by atoms with Crippen molar-refractivity contribution in [3.8, 4) is 0 Å². The number of rotatable bonds is 5. The summed E-state index contributed by atoms with van der Waals surface area (Å²) in [6.45, 7) is 1.49. The summed E-state index contributed by atoms with van der Waals surface area (Å²) in [5.41, 5.74) is 0.434. The van der Waals surface area contributed by atoms with E-state index in [9.17, 15) is 18.5 Å². The van der Waals surface area contributed by atoms with Crippen LogP contribution in [0.5, 0.6) is 0 Å². The molecule has 0 aliphatic heterocycles. The average molecular weight is 296 g/mol. The molecule has 2 aromatic rings. The van der Waals surface area contributed by atoms with Crippen molar-refractivity contribution >= 4 is 15.7 Å². The zero-order chi connectivity index (χ0) is 14.8. The van der Waals surface area contributed by atoms with E-state index in [0.717, 1.165) is 6.07 Å². The van der Waals surface area contributed by atoms with Gasteiger partial charge in [0.05, 0.1) is 17.8 Å². The van der Waals surface area contributed by atoms with Crippen LogP contribution in [0.25, 0.3) is 0 Å². The first kappa shape index (κ1) is 14.2. The third-order valence-electron chi connectivity index (χ3n) is 2.66. The van der Waals surface area contributed by atoms with Crippen LogP contribution >= 0.6 is 0 Å². The molecular formula is C11H12N4O4S. The number of hydrogen-bond acceptors (Lipinski definition) is 5. The van der Waals surface area contributed by atoms with Crippen molar-refractivity contribution in [3.05, 3.63) is 52.1 Å². The third kappa shape index (κ3) is 2.83. The summed E-state index contributed by atoms with van der Waals surface area (Å²) in [6.07, 6.45) is 2.88. The Balaban J connectivity index is 2.36. The van der Waals surface area contributed by atoms with Crippen molar-refractivity contribution in [2.45, 2.75) is 18.4 Å². The molecule has 1 aromatic carbocycles. The van der Waals surface area contributed by atoms with Crippen molar-refractivity contribution < 1.29 is 13.3 Å². The quantitative estimate of drug-likeness (QED) is 0.632. The topological polar surface area (TPSA) is 118 Å². The molecule has 0 spiro atoms. The van der Waals surface area contributed by atoms with Gasteiger partial charge in [-0.05, 0) is 12.5 Å². The lowest BCUT2D eigenvalue weighted by Crippen LogP contribution is -2.25. The molecule has 1 aromatic heterocycles. The average Bonchev–Trinajstić information content (AvgIpc) is 2.89. The lowest BCUT2D eigenvalue weighted by molar-refractivity contribution is -0.387. The molecule has 0 bridgehead atoms. The predicted molar refractivity (Wildman–Crippen MR) is 70.4 cm³/mol. The minimum atomic E-state index is -3.98. The number of H-pyrrole nitrogens is 1. The van der Waals surface area contributed by atoms with Gasteiger partial charge in [-0.3, -0.25) is 10.1 Å². The first-order chi connectivity index (χ1) is 9.42. The molecule has 0 radical (unpaired) electrons. The number of imidazole rings is 1. The molecule has 0 amide bonds. The van der Waals surface area contributed by atoms with Crippen LogP contribution in [0, 0.1) is 17.0 Å². The predicted octanol–water partition coefficient (Wildman–Crippen LogP) is 1.10. The van der Waals surface area contributed by atoms with E-state index < -0.39 is 20.6 Å². The molecule has 0 fully saturated rings. The Hall–Kier alpha value is -2.26. The van der Waals surface area contributed by atoms with E-state index in [-0.39, 0.29) is 11.4 Å². The molecule has 8 nitrogen and oxygen atoms in total. The maximum Gasteiger partial charge on any atom is 0.289 e. The fourth-order valence-corrected chi connectivity index (χ4v) is 3.16. The van der Waals surface area contributed by atoms with E-state index in [1.54, 1.807) is 0 Å². The summed E-state index contributed by atoms with van der Waals surface area (Å²) in [5, 5.41) is 11.0. The van der Waals surface area contributed by atoms with Gasteiger partial charge in [-0.1, -0.05) is 12.1 Å². The maximum absolute atomic E-state index is 12.2. The number of nitro benzene ring substituents is 1. The Morgan fingerprint density at radius 3 is 2.80 bits per heavy atom. The fourth-order valence-electron chi connectivity index (χ4n) is 1.76. The maximum atomic E-state index is 12.2. The Labute approximate surface area is 115 Å². The molecule has 0 saturated carbocycles. The number of hydrogen-bond donors (Lipinski definition) is 2. The third-order valence-corrected chi connectivity index (χ3v) is 4.26. The minimum Gasteiger partial charge on any atom is -0.347 e. The highest BCUT2D eigenvalue weighted by molar-refractivity contribution is 7.89. The smallest absolute Gasteiger partial charge is 0.289 e. The van der Waals surface area contributed by atoms with Gasteiger partial charge < -0.3 is 4.98 Å². The molecule has 20 heavy (non-hydrogen) atoms. The Kier molecular flexibility index (Phi) is 3.81. The van der Waals surface area contributed by atoms with E-state index in [2.05, 4.69) is 14.7 Å². The molecule has 1 heterocycles. The van der Waals surface area contributed by atoms with Gasteiger partial charge in [0.25, 0.3) is 5.69 Å². The van der Waals surface area contributed by atoms with Crippen LogP contribution in [0.4, 0.5) is 5.69 Å². The molecule has 106 valence electrons. The molecular weight excluding hydrogens is 284 g/mol. The number of benzene rings is 1. The number of nitro groups is 1. The number of aryl methyl sites for hydroxylation is 1. The van der Waals surface area contributed by atoms with Crippen LogP contribution in [0.15, 0.2) is 35.6 Å². The summed E-state index contributed by atoms with van der Waals surface area (Å²) in [6, 6.07) is 4.12. The molecule has 0 aliphatic carbocycles. The summed E-state index contributed by atoms with van der Waals surface area (Å²) >= 11 is 0. The molecule has 9 heteroatoms. The van der Waals surface area contributed by atoms with Gasteiger partial charge in [-0.25, -0.2) is 18.1 Å². The highest BCUT2D eigenvalue weighted by Crippen LogP contribution is 2.26. The number of aromatic amines is 1. The minimum absolute atomic E-state index is 0.0200. The van der Waals surface area contributed by atoms with E-state index >= 15 is 0 Å². The summed E-state index contributed by atoms with van der Waals surface area (Å²) in [4.78, 5) is 16.4. The van der Waals surface area contributed by atoms with Crippen molar-refractivity contribution in [2.24, 2.45) is 0 Å². The second kappa shape index (κ2) is 5.39. The number of nitrogens with one attached hydrogen (secondary N) is 2. The zero-order valence-electron chi connectivity index (χ0n) is 10.5. The van der Waals surface area contributed by atoms with Crippen LogP contribution in [0.1, 0.15) is 11.3 Å². The fraction of sp³-hybridized carbons (Fsp3) is 0.182. The number of sulfonamides is 1. The normalized spacial score (nSPS) is 11.4. The van der Waals surface area contributed by atoms with E-state index in [1.807, 2.05) is 0 Å². The van der Waals surface area contributed by atoms with E-state index in [0.29, 0.717) is 11.3 Å². The summed E-state index contributed by atoms with van der Waals surface area (Å²) < 4.78 is 26.8. The van der Waals surface area contributed by atoms with Gasteiger partial charge in [0.15, 0.2) is 4.90 Å². The van der Waals surface area contributed by atoms with Gasteiger partial charge in [0.2, 0.25) is 10.0 Å². The Morgan fingerprint density at radius 2 is 2.20 bits per heavy atom. The lowest BCUT2D eigenvalue weighted by Gasteiger charge is -2.08. The highest BCUT2D eigenvalue weighted by Gasteiger charge is 2.27. The second-order valence-electron chi connectivity index (χ2n) is 4.08. The first-order valence-electron chi connectivity index (χ1n) is 5.63. The van der Waals surface area contributed by atoms with Gasteiger partial charge in [-0.15, -0.1) is 0 Å². The monoisotopic (exact) mass is 296 g/mol. The Morgan fingerprint density at radius 1 is 1.45 bits per heavy atom. The molecule has 2 N–H and O–H groups in total. The molecule has 0 saturated heterocycles. The molecule has 0 atom stereocenters. The van der Waals surface area contributed by atoms with E-state index in [4.69, 9.17) is 0 Å². The van der Waals surface area contributed by atoms with Gasteiger partial charge in [-0.2, -0.15) is 0 Å². The summed E-state index contributed by atoms with van der Waals surface area (Å²) in [7, 11) is -3.98. The zero-order valence-corrected chi connectivity index (χ0v) is 11.3. The second-order valence-corrected chi connectivity index (χ2v) is 5.79. The Bertz CT molecular complexity index is 725. The van der Waals surface area contributed by atoms with Crippen molar-refractivity contribution in [1.82, 2.24) is 14.7 Å². The van der Waals surface area contributed by atoms with Crippen LogP contribution in [0.2, 0.25) is 0 Å². The van der Waals surface area contributed by atoms with Gasteiger partial charge in [0, 0.05) is 18.0 Å². The lowest BCUT2D eigenvalue weighted by atomic mass is 10.2. The molecule has 2 rings (SSSR count). The van der Waals surface area contributed by atoms with Crippen LogP contribution < -0.4 is 4.72 Å². The standard InChI is InChI=1S/C11H12N4O4S/c1-8-3-2-4-10(15(16)17)11(8)20(18,19)14-6-9-5-12-7-13-9/h2-5,7,14H,6H2,1H3,(H,12,13). The SMILES string of the molecule is Cc1cccc([N+](=O)[O-])c1S(=O)(=O)NCc1cnc[nH]1. The van der Waals surface area contributed by atoms with Crippen LogP contribution in [-0.4, -0.2) is 23.3 Å². The van der Waals surface area contributed by atoms with E-state index in [1.165, 1.54) is 31.6 Å². The highest BCUT2D eigenvalue weighted by atomic mass is 32.2. The number of aromatic nitrogens is 2. The molecule has 0 unspecified atom stereocenters. The van der Waals surface area contributed by atoms with Crippen molar-refractivity contribution in [2.75, 3.05) is 0 Å². The largest absolute Gasteiger partial charge is 0.347 e. The first-order valence-corrected chi connectivity index (χ1v) is 7.11. The molecule has 0 aliphatic rings. The van der Waals surface area contributed by atoms with Crippen LogP contribution in [0.3, 0.4) is 0 Å². The summed E-state index contributed by atoms with van der Waals surface area (Å²) in [5.74, 6) is 0.